The SMILES string of the molecule is O=C(OCc1ccccc1)N1CCN(C(=O)c2ccccc2)C(=O)C1. The van der Waals surface area contributed by atoms with E-state index >= 15 is 0 Å². The molecule has 0 bridgehead atoms. The standard InChI is InChI=1S/C19H18N2O4/c22-17-13-20(19(24)25-14-15-7-3-1-4-8-15)11-12-21(17)18(23)16-9-5-2-6-10-16/h1-10H,11-14H2. The lowest BCUT2D eigenvalue weighted by molar-refractivity contribution is -0.132. The lowest BCUT2D eigenvalue weighted by Crippen LogP contribution is -2.54. The fourth-order valence-electron chi connectivity index (χ4n) is 2.59. The van der Waals surface area contributed by atoms with Gasteiger partial charge in [-0.2, -0.15) is 0 Å². The molecule has 25 heavy (non-hydrogen) atoms. The van der Waals surface area contributed by atoms with E-state index in [1.54, 1.807) is 30.3 Å². The van der Waals surface area contributed by atoms with E-state index in [9.17, 15) is 14.4 Å². The molecule has 2 aromatic carbocycles. The monoisotopic (exact) mass is 338 g/mol. The number of amides is 3. The van der Waals surface area contributed by atoms with Gasteiger partial charge in [0.1, 0.15) is 13.2 Å². The maximum Gasteiger partial charge on any atom is 0.410 e. The van der Waals surface area contributed by atoms with Crippen molar-refractivity contribution >= 4 is 17.9 Å². The van der Waals surface area contributed by atoms with Crippen molar-refractivity contribution in [2.45, 2.75) is 6.61 Å². The molecule has 6 nitrogen and oxygen atoms in total. The maximum atomic E-state index is 12.4. The van der Waals surface area contributed by atoms with Crippen LogP contribution >= 0.6 is 0 Å². The molecule has 0 N–H and O–H groups in total. The molecule has 128 valence electrons. The van der Waals surface area contributed by atoms with Crippen molar-refractivity contribution in [3.05, 3.63) is 71.8 Å². The zero-order chi connectivity index (χ0) is 17.6. The van der Waals surface area contributed by atoms with E-state index < -0.39 is 12.0 Å². The van der Waals surface area contributed by atoms with E-state index in [1.807, 2.05) is 30.3 Å². The van der Waals surface area contributed by atoms with Crippen LogP contribution in [0.15, 0.2) is 60.7 Å². The molecule has 3 amide bonds. The highest BCUT2D eigenvalue weighted by Crippen LogP contribution is 2.11. The molecular formula is C19H18N2O4. The van der Waals surface area contributed by atoms with Crippen LogP contribution in [0.2, 0.25) is 0 Å². The Hall–Kier alpha value is -3.15. The van der Waals surface area contributed by atoms with Gasteiger partial charge in [-0.1, -0.05) is 48.5 Å². The molecule has 0 atom stereocenters. The minimum atomic E-state index is -0.552. The van der Waals surface area contributed by atoms with Crippen LogP contribution in [0.25, 0.3) is 0 Å². The van der Waals surface area contributed by atoms with Crippen LogP contribution in [0.1, 0.15) is 15.9 Å². The molecule has 1 saturated heterocycles. The molecule has 0 spiro atoms. The number of imide groups is 1. The van der Waals surface area contributed by atoms with Crippen LogP contribution in [0.3, 0.4) is 0 Å². The largest absolute Gasteiger partial charge is 0.445 e. The number of carbonyl (C=O) groups excluding carboxylic acids is 3. The topological polar surface area (TPSA) is 66.9 Å². The predicted molar refractivity (Wildman–Crippen MR) is 90.7 cm³/mol. The van der Waals surface area contributed by atoms with Crippen molar-refractivity contribution < 1.29 is 19.1 Å². The van der Waals surface area contributed by atoms with E-state index in [-0.39, 0.29) is 32.1 Å². The molecule has 0 aromatic heterocycles. The molecule has 1 heterocycles. The normalized spacial score (nSPS) is 14.3. The summed E-state index contributed by atoms with van der Waals surface area (Å²) < 4.78 is 5.23. The van der Waals surface area contributed by atoms with Gasteiger partial charge in [0.2, 0.25) is 5.91 Å². The molecule has 2 aromatic rings. The van der Waals surface area contributed by atoms with E-state index in [0.717, 1.165) is 5.56 Å². The minimum absolute atomic E-state index is 0.150. The summed E-state index contributed by atoms with van der Waals surface area (Å²) in [6, 6.07) is 17.9. The average Bonchev–Trinajstić information content (AvgIpc) is 2.67. The van der Waals surface area contributed by atoms with Crippen LogP contribution in [0.5, 0.6) is 0 Å². The van der Waals surface area contributed by atoms with Crippen molar-refractivity contribution in [1.82, 2.24) is 9.80 Å². The number of benzene rings is 2. The first kappa shape index (κ1) is 16.7. The molecule has 6 heteroatoms. The molecule has 0 aliphatic carbocycles. The highest BCUT2D eigenvalue weighted by molar-refractivity contribution is 6.06. The zero-order valence-corrected chi connectivity index (χ0v) is 13.6. The summed E-state index contributed by atoms with van der Waals surface area (Å²) >= 11 is 0. The summed E-state index contributed by atoms with van der Waals surface area (Å²) in [5.41, 5.74) is 1.33. The van der Waals surface area contributed by atoms with Gasteiger partial charge in [0.25, 0.3) is 5.91 Å². The van der Waals surface area contributed by atoms with E-state index in [0.29, 0.717) is 5.56 Å². The Kier molecular flexibility index (Phi) is 5.09. The minimum Gasteiger partial charge on any atom is -0.445 e. The molecule has 3 rings (SSSR count). The first-order chi connectivity index (χ1) is 12.1. The fourth-order valence-corrected chi connectivity index (χ4v) is 2.59. The van der Waals surface area contributed by atoms with E-state index in [2.05, 4.69) is 0 Å². The molecule has 0 saturated carbocycles. The second-order valence-electron chi connectivity index (χ2n) is 5.68. The first-order valence-corrected chi connectivity index (χ1v) is 8.00. The summed E-state index contributed by atoms with van der Waals surface area (Å²) in [4.78, 5) is 39.2. The van der Waals surface area contributed by atoms with Gasteiger partial charge in [0.15, 0.2) is 0 Å². The Morgan fingerprint density at radius 1 is 0.920 bits per heavy atom. The highest BCUT2D eigenvalue weighted by atomic mass is 16.6. The zero-order valence-electron chi connectivity index (χ0n) is 13.6. The molecule has 1 fully saturated rings. The summed E-state index contributed by atoms with van der Waals surface area (Å²) in [7, 11) is 0. The van der Waals surface area contributed by atoms with Gasteiger partial charge in [0.05, 0.1) is 0 Å². The van der Waals surface area contributed by atoms with Gasteiger partial charge >= 0.3 is 6.09 Å². The summed E-state index contributed by atoms with van der Waals surface area (Å²) in [6.07, 6.45) is -0.552. The van der Waals surface area contributed by atoms with Crippen LogP contribution in [0.4, 0.5) is 4.79 Å². The maximum absolute atomic E-state index is 12.4. The van der Waals surface area contributed by atoms with E-state index in [1.165, 1.54) is 9.80 Å². The molecular weight excluding hydrogens is 320 g/mol. The summed E-state index contributed by atoms with van der Waals surface area (Å²) in [6.45, 7) is 0.411. The molecule has 1 aliphatic heterocycles. The van der Waals surface area contributed by atoms with Crippen molar-refractivity contribution in [1.29, 1.82) is 0 Å². The van der Waals surface area contributed by atoms with E-state index in [4.69, 9.17) is 4.74 Å². The van der Waals surface area contributed by atoms with Gasteiger partial charge in [-0.15, -0.1) is 0 Å². The Morgan fingerprint density at radius 3 is 2.20 bits per heavy atom. The number of hydrogen-bond acceptors (Lipinski definition) is 4. The van der Waals surface area contributed by atoms with Gasteiger partial charge in [-0.25, -0.2) is 4.79 Å². The number of hydrogen-bond donors (Lipinski definition) is 0. The Balaban J connectivity index is 1.55. The van der Waals surface area contributed by atoms with Crippen LogP contribution in [0, 0.1) is 0 Å². The summed E-state index contributed by atoms with van der Waals surface area (Å²) in [5, 5.41) is 0. The number of ether oxygens (including phenoxy) is 1. The number of piperazine rings is 1. The average molecular weight is 338 g/mol. The molecule has 1 aliphatic rings. The van der Waals surface area contributed by atoms with Crippen molar-refractivity contribution in [3.63, 3.8) is 0 Å². The third kappa shape index (κ3) is 4.03. The second-order valence-corrected chi connectivity index (χ2v) is 5.68. The van der Waals surface area contributed by atoms with Gasteiger partial charge in [-0.3, -0.25) is 19.4 Å². The van der Waals surface area contributed by atoms with Gasteiger partial charge in [0, 0.05) is 18.7 Å². The third-order valence-corrected chi connectivity index (χ3v) is 3.95. The predicted octanol–water partition coefficient (Wildman–Crippen LogP) is 2.31. The lowest BCUT2D eigenvalue weighted by Gasteiger charge is -2.32. The Bertz CT molecular complexity index is 762. The van der Waals surface area contributed by atoms with Crippen LogP contribution in [-0.4, -0.2) is 47.3 Å². The van der Waals surface area contributed by atoms with Gasteiger partial charge in [-0.05, 0) is 17.7 Å². The number of rotatable bonds is 3. The third-order valence-electron chi connectivity index (χ3n) is 3.95. The highest BCUT2D eigenvalue weighted by Gasteiger charge is 2.32. The smallest absolute Gasteiger partial charge is 0.410 e. The van der Waals surface area contributed by atoms with Crippen molar-refractivity contribution in [3.8, 4) is 0 Å². The number of carbonyl (C=O) groups is 3. The summed E-state index contributed by atoms with van der Waals surface area (Å²) in [5.74, 6) is -0.750. The lowest BCUT2D eigenvalue weighted by atomic mass is 10.2. The van der Waals surface area contributed by atoms with Crippen molar-refractivity contribution in [2.24, 2.45) is 0 Å². The molecule has 0 unspecified atom stereocenters. The first-order valence-electron chi connectivity index (χ1n) is 8.00. The quantitative estimate of drug-likeness (QED) is 0.806. The fraction of sp³-hybridized carbons (Fsp3) is 0.211. The molecule has 0 radical (unpaired) electrons. The Labute approximate surface area is 145 Å². The number of nitrogens with zero attached hydrogens (tertiary/aromatic N) is 2. The van der Waals surface area contributed by atoms with Crippen LogP contribution < -0.4 is 0 Å². The van der Waals surface area contributed by atoms with Gasteiger partial charge < -0.3 is 4.74 Å². The van der Waals surface area contributed by atoms with Crippen LogP contribution in [-0.2, 0) is 16.1 Å². The second kappa shape index (κ2) is 7.61. The van der Waals surface area contributed by atoms with Crippen molar-refractivity contribution in [2.75, 3.05) is 19.6 Å². The Morgan fingerprint density at radius 2 is 1.56 bits per heavy atom.